The smallest absolute Gasteiger partial charge is 0.410 e. The number of nitrogens with zero attached hydrogens (tertiary/aromatic N) is 2. The van der Waals surface area contributed by atoms with E-state index in [0.29, 0.717) is 34.2 Å². The van der Waals surface area contributed by atoms with E-state index in [2.05, 4.69) is 25.9 Å². The van der Waals surface area contributed by atoms with Crippen LogP contribution < -0.4 is 0 Å². The number of likely N-dealkylation sites (tertiary alicyclic amines) is 1. The Balaban J connectivity index is 1.94. The first kappa shape index (κ1) is 16.2. The number of carbonyl (C=O) groups excluding carboxylic acids is 1. The second kappa shape index (κ2) is 5.78. The minimum absolute atomic E-state index is 0.337. The normalized spacial score (nSPS) is 18.7. The summed E-state index contributed by atoms with van der Waals surface area (Å²) < 4.78 is 20.8. The first-order chi connectivity index (χ1) is 10.8. The van der Waals surface area contributed by atoms with Crippen molar-refractivity contribution in [3.8, 4) is 0 Å². The zero-order valence-corrected chi connectivity index (χ0v) is 14.9. The molecular weight excluding hydrogens is 365 g/mol. The molecule has 1 aliphatic heterocycles. The largest absolute Gasteiger partial charge is 0.444 e. The summed E-state index contributed by atoms with van der Waals surface area (Å²) in [5.41, 5.74) is 0.511. The van der Waals surface area contributed by atoms with E-state index in [9.17, 15) is 9.18 Å². The van der Waals surface area contributed by atoms with E-state index < -0.39 is 11.7 Å². The molecule has 1 atom stereocenters. The second-order valence-electron chi connectivity index (χ2n) is 6.74. The monoisotopic (exact) mass is 383 g/mol. The molecule has 0 spiro atoms. The number of hydrogen-bond donors (Lipinski definition) is 1. The van der Waals surface area contributed by atoms with Crippen molar-refractivity contribution in [2.45, 2.75) is 45.3 Å². The Bertz CT molecular complexity index is 754. The number of pyridine rings is 1. The lowest BCUT2D eigenvalue weighted by atomic mass is 10.1. The molecular formula is C16H19BrFN3O2. The second-order valence-corrected chi connectivity index (χ2v) is 7.55. The zero-order valence-electron chi connectivity index (χ0n) is 13.3. The van der Waals surface area contributed by atoms with Gasteiger partial charge in [0.1, 0.15) is 10.2 Å². The van der Waals surface area contributed by atoms with Gasteiger partial charge in [-0.25, -0.2) is 14.2 Å². The number of fused-ring (bicyclic) bond motifs is 1. The van der Waals surface area contributed by atoms with Crippen LogP contribution >= 0.6 is 15.9 Å². The van der Waals surface area contributed by atoms with Gasteiger partial charge in [-0.15, -0.1) is 0 Å². The molecule has 7 heteroatoms. The molecule has 1 fully saturated rings. The quantitative estimate of drug-likeness (QED) is 0.735. The number of nitrogens with one attached hydrogen (secondary N) is 1. The van der Waals surface area contributed by atoms with Crippen molar-refractivity contribution in [2.24, 2.45) is 0 Å². The molecule has 0 aliphatic carbocycles. The van der Waals surface area contributed by atoms with E-state index in [0.717, 1.165) is 6.42 Å². The van der Waals surface area contributed by atoms with Crippen LogP contribution in [-0.2, 0) is 4.74 Å². The highest BCUT2D eigenvalue weighted by molar-refractivity contribution is 9.10. The summed E-state index contributed by atoms with van der Waals surface area (Å²) in [5, 5.41) is 0.430. The molecule has 0 radical (unpaired) electrons. The summed E-state index contributed by atoms with van der Waals surface area (Å²) in [6.45, 7) is 6.03. The number of amides is 1. The summed E-state index contributed by atoms with van der Waals surface area (Å²) in [5.74, 6) is -0.347. The predicted molar refractivity (Wildman–Crippen MR) is 88.7 cm³/mol. The van der Waals surface area contributed by atoms with E-state index in [1.54, 1.807) is 11.0 Å². The van der Waals surface area contributed by atoms with Gasteiger partial charge in [-0.2, -0.15) is 0 Å². The van der Waals surface area contributed by atoms with Gasteiger partial charge in [0, 0.05) is 12.7 Å². The number of aromatic nitrogens is 2. The number of hydrogen-bond acceptors (Lipinski definition) is 3. The Morgan fingerprint density at radius 3 is 2.96 bits per heavy atom. The van der Waals surface area contributed by atoms with E-state index in [1.165, 1.54) is 6.20 Å². The highest BCUT2D eigenvalue weighted by atomic mass is 79.9. The van der Waals surface area contributed by atoms with Gasteiger partial charge in [-0.3, -0.25) is 4.90 Å². The first-order valence-corrected chi connectivity index (χ1v) is 8.38. The molecule has 1 N–H and O–H groups in total. The van der Waals surface area contributed by atoms with Crippen molar-refractivity contribution < 1.29 is 13.9 Å². The predicted octanol–water partition coefficient (Wildman–Crippen LogP) is 4.54. The first-order valence-electron chi connectivity index (χ1n) is 7.58. The number of carbonyl (C=O) groups is 1. The van der Waals surface area contributed by atoms with Crippen molar-refractivity contribution in [3.63, 3.8) is 0 Å². The van der Waals surface area contributed by atoms with Gasteiger partial charge in [0.25, 0.3) is 0 Å². The van der Waals surface area contributed by atoms with Crippen LogP contribution in [0.1, 0.15) is 45.3 Å². The fraction of sp³-hybridized carbons (Fsp3) is 0.500. The standard InChI is InChI=1S/C16H19BrFN3O2/c1-16(2,3)23-15(22)21-6-4-5-11(21)14-13(18)9-8-19-12(17)7-10(9)20-14/h7-8,11,20H,4-6H2,1-3H3. The van der Waals surface area contributed by atoms with E-state index in [-0.39, 0.29) is 11.9 Å². The molecule has 0 bridgehead atoms. The average Bonchev–Trinajstić information content (AvgIpc) is 3.01. The maximum absolute atomic E-state index is 14.7. The lowest BCUT2D eigenvalue weighted by molar-refractivity contribution is 0.0220. The van der Waals surface area contributed by atoms with Crippen molar-refractivity contribution >= 4 is 32.9 Å². The number of aromatic amines is 1. The van der Waals surface area contributed by atoms with Gasteiger partial charge >= 0.3 is 6.09 Å². The van der Waals surface area contributed by atoms with Gasteiger partial charge in [0.15, 0.2) is 5.82 Å². The van der Waals surface area contributed by atoms with Gasteiger partial charge < -0.3 is 9.72 Å². The minimum Gasteiger partial charge on any atom is -0.444 e. The number of rotatable bonds is 1. The van der Waals surface area contributed by atoms with Crippen LogP contribution in [0.3, 0.4) is 0 Å². The van der Waals surface area contributed by atoms with Crippen LogP contribution in [-0.4, -0.2) is 33.1 Å². The Labute approximate surface area is 142 Å². The molecule has 1 amide bonds. The Hall–Kier alpha value is -1.63. The highest BCUT2D eigenvalue weighted by Gasteiger charge is 2.36. The molecule has 1 aliphatic rings. The number of H-pyrrole nitrogens is 1. The summed E-state index contributed by atoms with van der Waals surface area (Å²) >= 11 is 3.28. The van der Waals surface area contributed by atoms with Crippen molar-refractivity contribution in [1.82, 2.24) is 14.9 Å². The van der Waals surface area contributed by atoms with Crippen LogP contribution in [0.25, 0.3) is 10.9 Å². The molecule has 1 saturated heterocycles. The third-order valence-electron chi connectivity index (χ3n) is 3.83. The molecule has 3 heterocycles. The molecule has 2 aromatic heterocycles. The molecule has 5 nitrogen and oxygen atoms in total. The fourth-order valence-electron chi connectivity index (χ4n) is 2.89. The number of ether oxygens (including phenoxy) is 1. The molecule has 0 aromatic carbocycles. The lowest BCUT2D eigenvalue weighted by Gasteiger charge is -2.28. The Morgan fingerprint density at radius 1 is 1.52 bits per heavy atom. The summed E-state index contributed by atoms with van der Waals surface area (Å²) in [7, 11) is 0. The van der Waals surface area contributed by atoms with E-state index in [4.69, 9.17) is 4.74 Å². The minimum atomic E-state index is -0.571. The van der Waals surface area contributed by atoms with Crippen LogP contribution in [0.5, 0.6) is 0 Å². The van der Waals surface area contributed by atoms with Crippen LogP contribution in [0.2, 0.25) is 0 Å². The van der Waals surface area contributed by atoms with Gasteiger partial charge in [-0.05, 0) is 55.6 Å². The third-order valence-corrected chi connectivity index (χ3v) is 4.26. The maximum Gasteiger partial charge on any atom is 0.410 e. The molecule has 3 rings (SSSR count). The van der Waals surface area contributed by atoms with Gasteiger partial charge in [0.05, 0.1) is 22.6 Å². The molecule has 2 aromatic rings. The highest BCUT2D eigenvalue weighted by Crippen LogP contribution is 2.36. The molecule has 1 unspecified atom stereocenters. The Morgan fingerprint density at radius 2 is 2.26 bits per heavy atom. The van der Waals surface area contributed by atoms with Crippen LogP contribution in [0, 0.1) is 5.82 Å². The van der Waals surface area contributed by atoms with Crippen LogP contribution in [0.15, 0.2) is 16.9 Å². The zero-order chi connectivity index (χ0) is 16.8. The average molecular weight is 384 g/mol. The lowest BCUT2D eigenvalue weighted by Crippen LogP contribution is -2.36. The van der Waals surface area contributed by atoms with Crippen molar-refractivity contribution in [2.75, 3.05) is 6.54 Å². The molecule has 0 saturated carbocycles. The van der Waals surface area contributed by atoms with Gasteiger partial charge in [0.2, 0.25) is 0 Å². The SMILES string of the molecule is CC(C)(C)OC(=O)N1CCCC1c1[nH]c2cc(Br)ncc2c1F. The van der Waals surface area contributed by atoms with Crippen molar-refractivity contribution in [3.05, 3.63) is 28.4 Å². The third kappa shape index (κ3) is 3.20. The summed E-state index contributed by atoms with van der Waals surface area (Å²) in [6.07, 6.45) is 2.61. The van der Waals surface area contributed by atoms with E-state index >= 15 is 0 Å². The van der Waals surface area contributed by atoms with E-state index in [1.807, 2.05) is 20.8 Å². The molecule has 23 heavy (non-hydrogen) atoms. The molecule has 124 valence electrons. The number of halogens is 2. The summed E-state index contributed by atoms with van der Waals surface area (Å²) in [4.78, 5) is 21.1. The maximum atomic E-state index is 14.7. The van der Waals surface area contributed by atoms with Gasteiger partial charge in [-0.1, -0.05) is 0 Å². The Kier molecular flexibility index (Phi) is 4.08. The van der Waals surface area contributed by atoms with Crippen molar-refractivity contribution in [1.29, 1.82) is 0 Å². The topological polar surface area (TPSA) is 58.2 Å². The van der Waals surface area contributed by atoms with Crippen LogP contribution in [0.4, 0.5) is 9.18 Å². The summed E-state index contributed by atoms with van der Waals surface area (Å²) in [6, 6.07) is 1.39. The fourth-order valence-corrected chi connectivity index (χ4v) is 3.22.